The predicted molar refractivity (Wildman–Crippen MR) is 70.8 cm³/mol. The smallest absolute Gasteiger partial charge is 0.377 e. The molecule has 0 heterocycles. The molecule has 0 amide bonds. The number of hydrogen-bond acceptors (Lipinski definition) is 3. The van der Waals surface area contributed by atoms with Crippen molar-refractivity contribution in [2.45, 2.75) is 26.3 Å². The van der Waals surface area contributed by atoms with Crippen LogP contribution < -0.4 is 0 Å². The first kappa shape index (κ1) is 17.2. The summed E-state index contributed by atoms with van der Waals surface area (Å²) in [5.41, 5.74) is 0.0808. The summed E-state index contributed by atoms with van der Waals surface area (Å²) in [7, 11) is -1.42. The van der Waals surface area contributed by atoms with Crippen LogP contribution in [0.3, 0.4) is 0 Å². The van der Waals surface area contributed by atoms with Crippen LogP contribution in [0.5, 0.6) is 0 Å². The summed E-state index contributed by atoms with van der Waals surface area (Å²) < 4.78 is 56.0. The first-order valence-electron chi connectivity index (χ1n) is 6.44. The van der Waals surface area contributed by atoms with Crippen LogP contribution >= 0.6 is 0 Å². The van der Waals surface area contributed by atoms with Crippen LogP contribution in [0.4, 0.5) is 13.2 Å². The van der Waals surface area contributed by atoms with Gasteiger partial charge >= 0.3 is 8.80 Å². The molecule has 0 saturated carbocycles. The minimum atomic E-state index is -2.89. The molecular formula is C13H19F3O3Si. The van der Waals surface area contributed by atoms with Gasteiger partial charge in [-0.05, 0) is 31.9 Å². The Hall–Kier alpha value is -0.893. The lowest BCUT2D eigenvalue weighted by Gasteiger charge is -2.27. The molecule has 1 aromatic carbocycles. The van der Waals surface area contributed by atoms with Crippen LogP contribution in [-0.4, -0.2) is 29.1 Å². The third-order valence-corrected chi connectivity index (χ3v) is 5.77. The molecule has 0 aliphatic heterocycles. The SMILES string of the molecule is CCO[Si](CCc1cc(F)c(F)cc1F)(OC)OCC. The number of rotatable bonds is 8. The highest BCUT2D eigenvalue weighted by molar-refractivity contribution is 6.60. The van der Waals surface area contributed by atoms with E-state index in [1.165, 1.54) is 7.11 Å². The summed E-state index contributed by atoms with van der Waals surface area (Å²) in [6.07, 6.45) is 0.156. The van der Waals surface area contributed by atoms with Crippen molar-refractivity contribution in [1.82, 2.24) is 0 Å². The van der Waals surface area contributed by atoms with Crippen LogP contribution in [0.25, 0.3) is 0 Å². The fraction of sp³-hybridized carbons (Fsp3) is 0.538. The van der Waals surface area contributed by atoms with Crippen LogP contribution in [0.2, 0.25) is 6.04 Å². The highest BCUT2D eigenvalue weighted by Gasteiger charge is 2.39. The molecule has 0 aliphatic rings. The molecule has 1 rings (SSSR count). The number of hydrogen-bond donors (Lipinski definition) is 0. The Labute approximate surface area is 118 Å². The van der Waals surface area contributed by atoms with Crippen molar-refractivity contribution >= 4 is 8.80 Å². The van der Waals surface area contributed by atoms with Gasteiger partial charge in [-0.15, -0.1) is 0 Å². The molecule has 114 valence electrons. The van der Waals surface area contributed by atoms with Gasteiger partial charge in [0.1, 0.15) is 5.82 Å². The second-order valence-corrected chi connectivity index (χ2v) is 6.96. The Morgan fingerprint density at radius 3 is 2.00 bits per heavy atom. The third kappa shape index (κ3) is 4.31. The molecule has 0 unspecified atom stereocenters. The Kier molecular flexibility index (Phi) is 6.67. The largest absolute Gasteiger partial charge is 0.501 e. The zero-order valence-electron chi connectivity index (χ0n) is 11.8. The van der Waals surface area contributed by atoms with Gasteiger partial charge in [-0.2, -0.15) is 0 Å². The molecule has 0 aromatic heterocycles. The second-order valence-electron chi connectivity index (χ2n) is 4.11. The minimum absolute atomic E-state index is 0.0808. The molecular weight excluding hydrogens is 289 g/mol. The van der Waals surface area contributed by atoms with Crippen molar-refractivity contribution in [3.63, 3.8) is 0 Å². The summed E-state index contributed by atoms with van der Waals surface area (Å²) in [6, 6.07) is 1.70. The lowest BCUT2D eigenvalue weighted by molar-refractivity contribution is 0.0867. The maximum Gasteiger partial charge on any atom is 0.501 e. The molecule has 0 saturated heterocycles. The third-order valence-electron chi connectivity index (χ3n) is 2.83. The average molecular weight is 308 g/mol. The van der Waals surface area contributed by atoms with E-state index in [0.717, 1.165) is 6.07 Å². The van der Waals surface area contributed by atoms with Gasteiger partial charge in [-0.3, -0.25) is 0 Å². The molecule has 7 heteroatoms. The standard InChI is InChI=1S/C13H19F3O3Si/c1-4-18-20(17-3,19-5-2)7-6-10-8-12(15)13(16)9-11(10)14/h8-9H,4-7H2,1-3H3. The molecule has 0 radical (unpaired) electrons. The molecule has 1 aromatic rings. The Morgan fingerprint density at radius 2 is 1.50 bits per heavy atom. The van der Waals surface area contributed by atoms with Gasteiger partial charge in [0.15, 0.2) is 11.6 Å². The van der Waals surface area contributed by atoms with Gasteiger partial charge in [0, 0.05) is 32.4 Å². The quantitative estimate of drug-likeness (QED) is 0.545. The first-order chi connectivity index (χ1) is 9.48. The maximum absolute atomic E-state index is 13.6. The van der Waals surface area contributed by atoms with Gasteiger partial charge < -0.3 is 13.3 Å². The fourth-order valence-electron chi connectivity index (χ4n) is 1.89. The van der Waals surface area contributed by atoms with Crippen LogP contribution in [0, 0.1) is 17.5 Å². The Bertz CT molecular complexity index is 437. The van der Waals surface area contributed by atoms with Gasteiger partial charge in [0.2, 0.25) is 0 Å². The first-order valence-corrected chi connectivity index (χ1v) is 8.37. The topological polar surface area (TPSA) is 27.7 Å². The van der Waals surface area contributed by atoms with Crippen molar-refractivity contribution in [3.05, 3.63) is 35.1 Å². The fourth-order valence-corrected chi connectivity index (χ4v) is 4.16. The van der Waals surface area contributed by atoms with Crippen LogP contribution in [-0.2, 0) is 19.7 Å². The maximum atomic E-state index is 13.6. The Morgan fingerprint density at radius 1 is 0.950 bits per heavy atom. The van der Waals surface area contributed by atoms with E-state index in [2.05, 4.69) is 0 Å². The van der Waals surface area contributed by atoms with Crippen molar-refractivity contribution in [3.8, 4) is 0 Å². The highest BCUT2D eigenvalue weighted by atomic mass is 28.4. The lowest BCUT2D eigenvalue weighted by Crippen LogP contribution is -2.45. The van der Waals surface area contributed by atoms with E-state index in [1.807, 2.05) is 0 Å². The van der Waals surface area contributed by atoms with Crippen molar-refractivity contribution in [2.75, 3.05) is 20.3 Å². The van der Waals surface area contributed by atoms with Crippen molar-refractivity contribution in [2.24, 2.45) is 0 Å². The number of benzene rings is 1. The van der Waals surface area contributed by atoms with E-state index < -0.39 is 26.3 Å². The minimum Gasteiger partial charge on any atom is -0.377 e. The summed E-state index contributed by atoms with van der Waals surface area (Å²) in [6.45, 7) is 4.41. The summed E-state index contributed by atoms with van der Waals surface area (Å²) in [4.78, 5) is 0. The monoisotopic (exact) mass is 308 g/mol. The number of aryl methyl sites for hydroxylation is 1. The van der Waals surface area contributed by atoms with Gasteiger partial charge in [0.05, 0.1) is 0 Å². The average Bonchev–Trinajstić information content (AvgIpc) is 2.41. The molecule has 0 atom stereocenters. The van der Waals surface area contributed by atoms with E-state index in [1.54, 1.807) is 13.8 Å². The van der Waals surface area contributed by atoms with Crippen LogP contribution in [0.1, 0.15) is 19.4 Å². The van der Waals surface area contributed by atoms with Crippen molar-refractivity contribution < 1.29 is 26.4 Å². The van der Waals surface area contributed by atoms with E-state index in [9.17, 15) is 13.2 Å². The molecule has 0 aliphatic carbocycles. The Balaban J connectivity index is 2.84. The molecule has 0 spiro atoms. The summed E-state index contributed by atoms with van der Waals surface area (Å²) >= 11 is 0. The van der Waals surface area contributed by atoms with E-state index >= 15 is 0 Å². The molecule has 0 N–H and O–H groups in total. The van der Waals surface area contributed by atoms with Crippen molar-refractivity contribution in [1.29, 1.82) is 0 Å². The van der Waals surface area contributed by atoms with E-state index in [-0.39, 0.29) is 12.0 Å². The van der Waals surface area contributed by atoms with E-state index in [4.69, 9.17) is 13.3 Å². The molecule has 0 fully saturated rings. The molecule has 20 heavy (non-hydrogen) atoms. The predicted octanol–water partition coefficient (Wildman–Crippen LogP) is 3.30. The van der Waals surface area contributed by atoms with Gasteiger partial charge in [-0.25, -0.2) is 13.2 Å². The lowest BCUT2D eigenvalue weighted by atomic mass is 10.1. The molecule has 3 nitrogen and oxygen atoms in total. The zero-order valence-corrected chi connectivity index (χ0v) is 12.8. The van der Waals surface area contributed by atoms with Gasteiger partial charge in [0.25, 0.3) is 0 Å². The zero-order chi connectivity index (χ0) is 15.2. The number of halogens is 3. The highest BCUT2D eigenvalue weighted by Crippen LogP contribution is 2.21. The second kappa shape index (κ2) is 7.77. The summed E-state index contributed by atoms with van der Waals surface area (Å²) in [5.74, 6) is -3.05. The molecule has 0 bridgehead atoms. The van der Waals surface area contributed by atoms with E-state index in [0.29, 0.717) is 25.3 Å². The normalized spacial score (nSPS) is 11.9. The van der Waals surface area contributed by atoms with Gasteiger partial charge in [-0.1, -0.05) is 0 Å². The summed E-state index contributed by atoms with van der Waals surface area (Å²) in [5, 5.41) is 0. The van der Waals surface area contributed by atoms with Crippen LogP contribution in [0.15, 0.2) is 12.1 Å².